The van der Waals surface area contributed by atoms with Crippen molar-refractivity contribution in [3.8, 4) is 5.88 Å². The molecular formula is C18H18F3N3O4. The third kappa shape index (κ3) is 3.23. The Kier molecular flexibility index (Phi) is 4.68. The predicted molar refractivity (Wildman–Crippen MR) is 91.1 cm³/mol. The number of alkyl halides is 3. The monoisotopic (exact) mass is 397 g/mol. The van der Waals surface area contributed by atoms with E-state index in [-0.39, 0.29) is 18.3 Å². The van der Waals surface area contributed by atoms with Gasteiger partial charge in [-0.3, -0.25) is 10.2 Å². The van der Waals surface area contributed by atoms with Gasteiger partial charge >= 0.3 is 12.1 Å². The molecule has 28 heavy (non-hydrogen) atoms. The van der Waals surface area contributed by atoms with Crippen molar-refractivity contribution in [1.82, 2.24) is 9.88 Å². The lowest BCUT2D eigenvalue weighted by atomic mass is 9.66. The second kappa shape index (κ2) is 6.61. The van der Waals surface area contributed by atoms with Crippen LogP contribution in [0, 0.1) is 23.7 Å². The van der Waals surface area contributed by atoms with Gasteiger partial charge in [0.15, 0.2) is 6.61 Å². The summed E-state index contributed by atoms with van der Waals surface area (Å²) in [4.78, 5) is 29.3. The van der Waals surface area contributed by atoms with Gasteiger partial charge in [-0.05, 0) is 25.5 Å². The minimum Gasteiger partial charge on any atom is -0.477 e. The standard InChI is InChI=1S/C18H18F3N3O4/c1-9-5-11(6-23-14(9)28-8-18(19,20)21)10(2)24-7-17(13(22)16(26)27)4-3-12(17)15(24)25/h3-6,10,12,22H,7-8H2,1-2H3,(H,26,27). The first-order valence-electron chi connectivity index (χ1n) is 8.44. The molecule has 2 N–H and O–H groups in total. The molecule has 1 amide bonds. The summed E-state index contributed by atoms with van der Waals surface area (Å²) in [5, 5.41) is 17.0. The maximum Gasteiger partial charge on any atom is 0.422 e. The van der Waals surface area contributed by atoms with Crippen LogP contribution in [0.25, 0.3) is 0 Å². The number of carboxylic acids is 1. The number of carbonyl (C=O) groups is 2. The number of nitrogens with one attached hydrogen (secondary N) is 1. The smallest absolute Gasteiger partial charge is 0.422 e. The van der Waals surface area contributed by atoms with Crippen LogP contribution >= 0.6 is 0 Å². The summed E-state index contributed by atoms with van der Waals surface area (Å²) in [6.07, 6.45) is 0.0111. The zero-order valence-electron chi connectivity index (χ0n) is 15.1. The highest BCUT2D eigenvalue weighted by Crippen LogP contribution is 2.49. The molecule has 0 spiro atoms. The number of carbonyl (C=O) groups excluding carboxylic acids is 1. The van der Waals surface area contributed by atoms with E-state index in [4.69, 9.17) is 10.5 Å². The molecule has 1 fully saturated rings. The molecule has 3 unspecified atom stereocenters. The van der Waals surface area contributed by atoms with Crippen LogP contribution < -0.4 is 4.74 Å². The summed E-state index contributed by atoms with van der Waals surface area (Å²) in [5.41, 5.74) is -0.721. The molecule has 3 atom stereocenters. The van der Waals surface area contributed by atoms with Gasteiger partial charge in [-0.15, -0.1) is 0 Å². The molecule has 7 nitrogen and oxygen atoms in total. The first-order chi connectivity index (χ1) is 13.0. The maximum absolute atomic E-state index is 12.7. The lowest BCUT2D eigenvalue weighted by Crippen LogP contribution is -2.45. The third-order valence-corrected chi connectivity index (χ3v) is 5.18. The van der Waals surface area contributed by atoms with Crippen molar-refractivity contribution in [2.45, 2.75) is 26.1 Å². The molecule has 0 saturated carbocycles. The number of aromatic nitrogens is 1. The molecule has 1 aromatic heterocycles. The fourth-order valence-electron chi connectivity index (χ4n) is 3.56. The Balaban J connectivity index is 1.79. The van der Waals surface area contributed by atoms with Gasteiger partial charge in [0.2, 0.25) is 11.8 Å². The van der Waals surface area contributed by atoms with Gasteiger partial charge < -0.3 is 14.7 Å². The van der Waals surface area contributed by atoms with E-state index >= 15 is 0 Å². The molecule has 3 rings (SSSR count). The van der Waals surface area contributed by atoms with Crippen LogP contribution in [0.5, 0.6) is 5.88 Å². The van der Waals surface area contributed by atoms with Crippen molar-refractivity contribution in [3.05, 3.63) is 35.5 Å². The molecule has 0 radical (unpaired) electrons. The minimum absolute atomic E-state index is 0.0463. The quantitative estimate of drug-likeness (QED) is 0.567. The van der Waals surface area contributed by atoms with Crippen molar-refractivity contribution in [2.24, 2.45) is 11.3 Å². The average Bonchev–Trinajstić information content (AvgIpc) is 2.77. The van der Waals surface area contributed by atoms with Crippen LogP contribution in [0.4, 0.5) is 13.2 Å². The Morgan fingerprint density at radius 2 is 2.21 bits per heavy atom. The van der Waals surface area contributed by atoms with Crippen LogP contribution in [0.15, 0.2) is 24.4 Å². The number of carboxylic acid groups (broad SMARTS) is 1. The van der Waals surface area contributed by atoms with Gasteiger partial charge in [-0.1, -0.05) is 12.2 Å². The topological polar surface area (TPSA) is 104 Å². The number of hydrogen-bond acceptors (Lipinski definition) is 5. The summed E-state index contributed by atoms with van der Waals surface area (Å²) in [6, 6.07) is 1.08. The summed E-state index contributed by atoms with van der Waals surface area (Å²) in [5.74, 6) is -2.51. The first-order valence-corrected chi connectivity index (χ1v) is 8.44. The van der Waals surface area contributed by atoms with E-state index in [1.807, 2.05) is 0 Å². The average molecular weight is 397 g/mol. The van der Waals surface area contributed by atoms with Gasteiger partial charge in [-0.2, -0.15) is 13.2 Å². The lowest BCUT2D eigenvalue weighted by Gasteiger charge is -2.34. The van der Waals surface area contributed by atoms with E-state index in [1.165, 1.54) is 11.1 Å². The SMILES string of the molecule is Cc1cc(C(C)N2CC3(C(=N)C(=O)O)C=CC3C2=O)cnc1OCC(F)(F)F. The number of ether oxygens (including phenoxy) is 1. The Bertz CT molecular complexity index is 883. The molecular weight excluding hydrogens is 379 g/mol. The van der Waals surface area contributed by atoms with E-state index in [2.05, 4.69) is 9.72 Å². The van der Waals surface area contributed by atoms with Gasteiger partial charge in [0.1, 0.15) is 5.71 Å². The van der Waals surface area contributed by atoms with Crippen LogP contribution in [0.2, 0.25) is 0 Å². The van der Waals surface area contributed by atoms with Crippen molar-refractivity contribution < 1.29 is 32.6 Å². The Morgan fingerprint density at radius 1 is 1.54 bits per heavy atom. The Labute approximate surface area is 158 Å². The van der Waals surface area contributed by atoms with E-state index in [1.54, 1.807) is 32.1 Å². The molecule has 2 heterocycles. The number of pyridine rings is 1. The number of likely N-dealkylation sites (tertiary alicyclic amines) is 1. The van der Waals surface area contributed by atoms with E-state index in [0.29, 0.717) is 11.1 Å². The van der Waals surface area contributed by atoms with Gasteiger partial charge in [-0.25, -0.2) is 9.78 Å². The number of aryl methyl sites for hydroxylation is 1. The van der Waals surface area contributed by atoms with Gasteiger partial charge in [0.25, 0.3) is 0 Å². The van der Waals surface area contributed by atoms with Crippen molar-refractivity contribution in [1.29, 1.82) is 5.41 Å². The largest absolute Gasteiger partial charge is 0.477 e. The van der Waals surface area contributed by atoms with Crippen LogP contribution in [0.3, 0.4) is 0 Å². The number of rotatable bonds is 6. The molecule has 0 bridgehead atoms. The number of aliphatic carboxylic acids is 1. The summed E-state index contributed by atoms with van der Waals surface area (Å²) in [6.45, 7) is 1.86. The van der Waals surface area contributed by atoms with E-state index in [9.17, 15) is 22.8 Å². The van der Waals surface area contributed by atoms with E-state index in [0.717, 1.165) is 0 Å². The van der Waals surface area contributed by atoms with Gasteiger partial charge in [0, 0.05) is 18.3 Å². The Morgan fingerprint density at radius 3 is 2.71 bits per heavy atom. The number of hydrogen-bond donors (Lipinski definition) is 2. The maximum atomic E-state index is 12.7. The predicted octanol–water partition coefficient (Wildman–Crippen LogP) is 2.51. The highest BCUT2D eigenvalue weighted by molar-refractivity contribution is 6.38. The van der Waals surface area contributed by atoms with Crippen molar-refractivity contribution in [3.63, 3.8) is 0 Å². The molecule has 10 heteroatoms. The fraction of sp³-hybridized carbons (Fsp3) is 0.444. The van der Waals surface area contributed by atoms with Gasteiger partial charge in [0.05, 0.1) is 17.4 Å². The minimum atomic E-state index is -4.47. The fourth-order valence-corrected chi connectivity index (χ4v) is 3.56. The second-order valence-corrected chi connectivity index (χ2v) is 6.99. The number of nitrogens with zero attached hydrogens (tertiary/aromatic N) is 2. The number of fused-ring (bicyclic) bond motifs is 1. The molecule has 1 aliphatic heterocycles. The van der Waals surface area contributed by atoms with E-state index < -0.39 is 41.8 Å². The number of halogens is 3. The van der Waals surface area contributed by atoms with Crippen molar-refractivity contribution in [2.75, 3.05) is 13.2 Å². The molecule has 1 aromatic rings. The number of amides is 1. The Hall–Kier alpha value is -2.91. The molecule has 150 valence electrons. The summed E-state index contributed by atoms with van der Waals surface area (Å²) >= 11 is 0. The summed E-state index contributed by atoms with van der Waals surface area (Å²) < 4.78 is 41.6. The highest BCUT2D eigenvalue weighted by atomic mass is 19.4. The zero-order valence-corrected chi connectivity index (χ0v) is 15.1. The zero-order chi connectivity index (χ0) is 20.9. The molecule has 0 aromatic carbocycles. The third-order valence-electron chi connectivity index (χ3n) is 5.18. The molecule has 1 saturated heterocycles. The molecule has 1 aliphatic carbocycles. The van der Waals surface area contributed by atoms with Crippen LogP contribution in [0.1, 0.15) is 24.1 Å². The highest BCUT2D eigenvalue weighted by Gasteiger charge is 2.59. The normalized spacial score (nSPS) is 24.5. The molecule has 2 aliphatic rings. The summed E-state index contributed by atoms with van der Waals surface area (Å²) in [7, 11) is 0. The lowest BCUT2D eigenvalue weighted by molar-refractivity contribution is -0.154. The van der Waals surface area contributed by atoms with Crippen LogP contribution in [-0.4, -0.2) is 51.9 Å². The first kappa shape index (κ1) is 19.8. The van der Waals surface area contributed by atoms with Crippen LogP contribution in [-0.2, 0) is 9.59 Å². The second-order valence-electron chi connectivity index (χ2n) is 6.99. The van der Waals surface area contributed by atoms with Crippen molar-refractivity contribution >= 4 is 17.6 Å².